The summed E-state index contributed by atoms with van der Waals surface area (Å²) >= 11 is 0.779. The molecule has 1 saturated heterocycles. The average molecular weight is 455 g/mol. The largest absolute Gasteiger partial charge is 0.486 e. The Morgan fingerprint density at radius 1 is 1.12 bits per heavy atom. The van der Waals surface area contributed by atoms with Gasteiger partial charge in [0.2, 0.25) is 0 Å². The van der Waals surface area contributed by atoms with Crippen LogP contribution in [0.3, 0.4) is 0 Å². The second-order valence-electron chi connectivity index (χ2n) is 6.80. The lowest BCUT2D eigenvalue weighted by Crippen LogP contribution is -2.37. The molecular weight excluding hydrogens is 438 g/mol. The van der Waals surface area contributed by atoms with Gasteiger partial charge >= 0.3 is 0 Å². The van der Waals surface area contributed by atoms with Crippen molar-refractivity contribution in [3.8, 4) is 11.5 Å². The molecule has 0 unspecified atom stereocenters. The molecule has 2 aliphatic rings. The van der Waals surface area contributed by atoms with E-state index in [2.05, 4.69) is 5.32 Å². The summed E-state index contributed by atoms with van der Waals surface area (Å²) in [6, 6.07) is 10.5. The summed E-state index contributed by atoms with van der Waals surface area (Å²) in [5.74, 6) is 0.221. The summed E-state index contributed by atoms with van der Waals surface area (Å²) < 4.78 is 10.9. The summed E-state index contributed by atoms with van der Waals surface area (Å²) in [7, 11) is 0. The van der Waals surface area contributed by atoms with Crippen LogP contribution in [0, 0.1) is 10.1 Å². The van der Waals surface area contributed by atoms with E-state index in [1.165, 1.54) is 30.3 Å². The Hall–Kier alpha value is -3.86. The summed E-state index contributed by atoms with van der Waals surface area (Å²) in [5.41, 5.74) is 0.874. The molecular formula is C21H17N3O7S. The van der Waals surface area contributed by atoms with Crippen LogP contribution in [0.25, 0.3) is 6.08 Å². The maximum atomic E-state index is 12.6. The lowest BCUT2D eigenvalue weighted by Gasteiger charge is -2.19. The van der Waals surface area contributed by atoms with Crippen LogP contribution in [-0.2, 0) is 4.79 Å². The number of nitrogens with zero attached hydrogens (tertiary/aromatic N) is 2. The van der Waals surface area contributed by atoms with Gasteiger partial charge in [-0.2, -0.15) is 0 Å². The zero-order valence-electron chi connectivity index (χ0n) is 16.6. The van der Waals surface area contributed by atoms with Crippen molar-refractivity contribution in [2.45, 2.75) is 0 Å². The first kappa shape index (κ1) is 21.4. The number of hydrogen-bond acceptors (Lipinski definition) is 8. The first-order valence-electron chi connectivity index (χ1n) is 9.60. The van der Waals surface area contributed by atoms with Crippen molar-refractivity contribution < 1.29 is 28.8 Å². The highest BCUT2D eigenvalue weighted by Gasteiger charge is 2.34. The van der Waals surface area contributed by atoms with Gasteiger partial charge in [0.15, 0.2) is 11.5 Å². The van der Waals surface area contributed by atoms with E-state index in [0.717, 1.165) is 16.7 Å². The molecule has 11 heteroatoms. The Morgan fingerprint density at radius 2 is 1.84 bits per heavy atom. The molecule has 10 nitrogen and oxygen atoms in total. The fraction of sp³-hybridized carbons (Fsp3) is 0.190. The molecule has 0 aliphatic carbocycles. The molecule has 32 heavy (non-hydrogen) atoms. The molecule has 0 spiro atoms. The normalized spacial score (nSPS) is 16.4. The third kappa shape index (κ3) is 4.57. The molecule has 3 amide bonds. The number of nitrogens with one attached hydrogen (secondary N) is 1. The van der Waals surface area contributed by atoms with Crippen LogP contribution in [-0.4, -0.2) is 53.2 Å². The average Bonchev–Trinajstić information content (AvgIpc) is 3.06. The number of benzene rings is 2. The molecule has 4 rings (SSSR count). The van der Waals surface area contributed by atoms with Crippen molar-refractivity contribution in [3.63, 3.8) is 0 Å². The van der Waals surface area contributed by atoms with E-state index in [1.807, 2.05) is 0 Å². The van der Waals surface area contributed by atoms with Crippen molar-refractivity contribution in [2.75, 3.05) is 26.3 Å². The smallest absolute Gasteiger partial charge is 0.293 e. The molecule has 0 atom stereocenters. The highest BCUT2D eigenvalue weighted by Crippen LogP contribution is 2.32. The van der Waals surface area contributed by atoms with Crippen LogP contribution in [0.4, 0.5) is 10.5 Å². The molecule has 164 valence electrons. The van der Waals surface area contributed by atoms with Gasteiger partial charge in [0.05, 0.1) is 9.83 Å². The van der Waals surface area contributed by atoms with Crippen molar-refractivity contribution in [1.29, 1.82) is 0 Å². The molecule has 2 aromatic rings. The topological polar surface area (TPSA) is 128 Å². The summed E-state index contributed by atoms with van der Waals surface area (Å²) in [6.45, 7) is 0.953. The molecule has 0 bridgehead atoms. The van der Waals surface area contributed by atoms with Crippen LogP contribution in [0.15, 0.2) is 47.4 Å². The first-order chi connectivity index (χ1) is 15.4. The molecule has 2 aromatic carbocycles. The maximum Gasteiger partial charge on any atom is 0.293 e. The van der Waals surface area contributed by atoms with E-state index in [-0.39, 0.29) is 29.6 Å². The highest BCUT2D eigenvalue weighted by molar-refractivity contribution is 8.18. The molecule has 2 heterocycles. The van der Waals surface area contributed by atoms with Gasteiger partial charge in [0.1, 0.15) is 13.2 Å². The minimum Gasteiger partial charge on any atom is -0.486 e. The number of carbonyl (C=O) groups excluding carboxylic acids is 3. The van der Waals surface area contributed by atoms with Gasteiger partial charge in [-0.1, -0.05) is 0 Å². The minimum absolute atomic E-state index is 0.0125. The molecule has 1 N–H and O–H groups in total. The third-order valence-electron chi connectivity index (χ3n) is 4.70. The lowest BCUT2D eigenvalue weighted by molar-refractivity contribution is -0.384. The fourth-order valence-corrected chi connectivity index (χ4v) is 3.97. The number of hydrogen-bond donors (Lipinski definition) is 1. The second kappa shape index (κ2) is 9.10. The molecule has 1 fully saturated rings. The Bertz CT molecular complexity index is 1130. The molecule has 0 saturated carbocycles. The predicted molar refractivity (Wildman–Crippen MR) is 116 cm³/mol. The van der Waals surface area contributed by atoms with Gasteiger partial charge in [-0.15, -0.1) is 0 Å². The Kier molecular flexibility index (Phi) is 6.08. The van der Waals surface area contributed by atoms with E-state index in [1.54, 1.807) is 18.2 Å². The zero-order chi connectivity index (χ0) is 22.7. The first-order valence-corrected chi connectivity index (χ1v) is 10.4. The van der Waals surface area contributed by atoms with Crippen molar-refractivity contribution in [3.05, 3.63) is 68.6 Å². The standard InChI is InChI=1S/C21H17N3O7S/c25-19(14-3-6-16-17(12-14)31-10-9-30-16)22-7-8-23-20(26)18(32-21(23)27)11-13-1-4-15(5-2-13)24(28)29/h1-6,11-12H,7-10H2,(H,22,25)/b18-11-. The number of amides is 3. The van der Waals surface area contributed by atoms with Gasteiger partial charge in [-0.05, 0) is 53.7 Å². The predicted octanol–water partition coefficient (Wildman–Crippen LogP) is 2.83. The number of thioether (sulfide) groups is 1. The number of imide groups is 1. The Balaban J connectivity index is 1.34. The Labute approximate surface area is 186 Å². The lowest BCUT2D eigenvalue weighted by atomic mass is 10.2. The summed E-state index contributed by atoms with van der Waals surface area (Å²) in [5, 5.41) is 13.0. The van der Waals surface area contributed by atoms with Gasteiger partial charge in [-0.25, -0.2) is 0 Å². The number of nitro groups is 1. The van der Waals surface area contributed by atoms with E-state index in [0.29, 0.717) is 35.8 Å². The number of rotatable bonds is 6. The van der Waals surface area contributed by atoms with Crippen molar-refractivity contribution >= 4 is 40.6 Å². The number of carbonyl (C=O) groups is 3. The fourth-order valence-electron chi connectivity index (χ4n) is 3.10. The van der Waals surface area contributed by atoms with Crippen LogP contribution < -0.4 is 14.8 Å². The number of nitro benzene ring substituents is 1. The monoisotopic (exact) mass is 455 g/mol. The molecule has 2 aliphatic heterocycles. The zero-order valence-corrected chi connectivity index (χ0v) is 17.4. The summed E-state index contributed by atoms with van der Waals surface area (Å²) in [4.78, 5) is 48.7. The number of ether oxygens (including phenoxy) is 2. The van der Waals surface area contributed by atoms with Crippen LogP contribution in [0.2, 0.25) is 0 Å². The Morgan fingerprint density at radius 3 is 2.56 bits per heavy atom. The van der Waals surface area contributed by atoms with Gasteiger partial charge in [-0.3, -0.25) is 29.4 Å². The summed E-state index contributed by atoms with van der Waals surface area (Å²) in [6.07, 6.45) is 1.50. The van der Waals surface area contributed by atoms with Gasteiger partial charge in [0.25, 0.3) is 22.7 Å². The third-order valence-corrected chi connectivity index (χ3v) is 5.61. The SMILES string of the molecule is O=C(NCCN1C(=O)S/C(=C\c2ccc([N+](=O)[O-])cc2)C1=O)c1ccc2c(c1)OCCO2. The van der Waals surface area contributed by atoms with Gasteiger partial charge in [0, 0.05) is 30.8 Å². The molecule has 0 radical (unpaired) electrons. The van der Waals surface area contributed by atoms with Crippen LogP contribution in [0.5, 0.6) is 11.5 Å². The molecule has 0 aromatic heterocycles. The maximum absolute atomic E-state index is 12.6. The van der Waals surface area contributed by atoms with Gasteiger partial charge < -0.3 is 14.8 Å². The number of fused-ring (bicyclic) bond motifs is 1. The van der Waals surface area contributed by atoms with Crippen LogP contribution >= 0.6 is 11.8 Å². The van der Waals surface area contributed by atoms with Crippen molar-refractivity contribution in [1.82, 2.24) is 10.2 Å². The van der Waals surface area contributed by atoms with E-state index >= 15 is 0 Å². The van der Waals surface area contributed by atoms with Crippen molar-refractivity contribution in [2.24, 2.45) is 0 Å². The number of non-ortho nitro benzene ring substituents is 1. The van der Waals surface area contributed by atoms with E-state index in [4.69, 9.17) is 9.47 Å². The minimum atomic E-state index is -0.517. The van der Waals surface area contributed by atoms with E-state index in [9.17, 15) is 24.5 Å². The quantitative estimate of drug-likeness (QED) is 0.400. The van der Waals surface area contributed by atoms with Crippen LogP contribution in [0.1, 0.15) is 15.9 Å². The second-order valence-corrected chi connectivity index (χ2v) is 7.79. The van der Waals surface area contributed by atoms with E-state index < -0.39 is 16.1 Å². The highest BCUT2D eigenvalue weighted by atomic mass is 32.2.